The Bertz CT molecular complexity index is 652. The highest BCUT2D eigenvalue weighted by Crippen LogP contribution is 2.47. The summed E-state index contributed by atoms with van der Waals surface area (Å²) in [5, 5.41) is 12.2. The summed E-state index contributed by atoms with van der Waals surface area (Å²) in [6, 6.07) is 15.8. The number of carbonyl (C=O) groups is 1. The van der Waals surface area contributed by atoms with Crippen LogP contribution in [0.5, 0.6) is 0 Å². The van der Waals surface area contributed by atoms with Crippen LogP contribution in [0.1, 0.15) is 29.0 Å². The van der Waals surface area contributed by atoms with Crippen molar-refractivity contribution >= 4 is 11.6 Å². The molecule has 1 aliphatic carbocycles. The van der Waals surface area contributed by atoms with Crippen LogP contribution in [0.2, 0.25) is 0 Å². The quantitative estimate of drug-likeness (QED) is 0.904. The zero-order valence-corrected chi connectivity index (χ0v) is 12.0. The molecular formula is C18H19NO2. The number of hydrogen-bond donors (Lipinski definition) is 2. The monoisotopic (exact) mass is 281 g/mol. The summed E-state index contributed by atoms with van der Waals surface area (Å²) < 4.78 is 0. The van der Waals surface area contributed by atoms with Gasteiger partial charge in [0, 0.05) is 11.6 Å². The van der Waals surface area contributed by atoms with Gasteiger partial charge in [-0.3, -0.25) is 4.79 Å². The van der Waals surface area contributed by atoms with E-state index in [0.717, 1.165) is 23.2 Å². The number of aliphatic hydroxyl groups is 1. The lowest BCUT2D eigenvalue weighted by Crippen LogP contribution is -2.15. The van der Waals surface area contributed by atoms with E-state index in [4.69, 9.17) is 0 Å². The largest absolute Gasteiger partial charge is 0.392 e. The summed E-state index contributed by atoms with van der Waals surface area (Å²) in [6.07, 6.45) is 0.911. The lowest BCUT2D eigenvalue weighted by atomic mass is 10.1. The molecule has 2 aromatic carbocycles. The lowest BCUT2D eigenvalue weighted by molar-refractivity contribution is -0.117. The van der Waals surface area contributed by atoms with Crippen molar-refractivity contribution in [1.82, 2.24) is 0 Å². The maximum atomic E-state index is 12.3. The van der Waals surface area contributed by atoms with Crippen LogP contribution in [0.3, 0.4) is 0 Å². The second-order valence-corrected chi connectivity index (χ2v) is 5.66. The highest BCUT2D eigenvalue weighted by atomic mass is 16.3. The third-order valence-electron chi connectivity index (χ3n) is 4.10. The third-order valence-corrected chi connectivity index (χ3v) is 4.10. The predicted octanol–water partition coefficient (Wildman–Crippen LogP) is 3.23. The summed E-state index contributed by atoms with van der Waals surface area (Å²) in [4.78, 5) is 12.3. The van der Waals surface area contributed by atoms with Crippen LogP contribution in [0.15, 0.2) is 48.5 Å². The Morgan fingerprint density at radius 2 is 2.00 bits per heavy atom. The number of amides is 1. The number of aryl methyl sites for hydroxylation is 1. The predicted molar refractivity (Wildman–Crippen MR) is 83.0 cm³/mol. The van der Waals surface area contributed by atoms with Crippen LogP contribution in [0, 0.1) is 12.8 Å². The normalized spacial score (nSPS) is 20.1. The second kappa shape index (κ2) is 5.70. The van der Waals surface area contributed by atoms with Crippen molar-refractivity contribution in [3.05, 3.63) is 65.2 Å². The Morgan fingerprint density at radius 1 is 1.24 bits per heavy atom. The molecule has 2 N–H and O–H groups in total. The molecule has 2 atom stereocenters. The zero-order valence-electron chi connectivity index (χ0n) is 12.0. The molecule has 2 unspecified atom stereocenters. The molecule has 0 spiro atoms. The van der Waals surface area contributed by atoms with Crippen molar-refractivity contribution in [1.29, 1.82) is 0 Å². The van der Waals surface area contributed by atoms with Gasteiger partial charge in [0.1, 0.15) is 0 Å². The Morgan fingerprint density at radius 3 is 2.71 bits per heavy atom. The van der Waals surface area contributed by atoms with Crippen LogP contribution >= 0.6 is 0 Å². The Hall–Kier alpha value is -2.13. The SMILES string of the molecule is Cc1ccc(CO)cc1NC(=O)C1CC1c1ccccc1. The lowest BCUT2D eigenvalue weighted by Gasteiger charge is -2.10. The van der Waals surface area contributed by atoms with Crippen LogP contribution < -0.4 is 5.32 Å². The fourth-order valence-electron chi connectivity index (χ4n) is 2.68. The molecule has 3 heteroatoms. The molecule has 108 valence electrons. The molecule has 1 fully saturated rings. The highest BCUT2D eigenvalue weighted by Gasteiger charge is 2.43. The van der Waals surface area contributed by atoms with Crippen molar-refractivity contribution in [2.75, 3.05) is 5.32 Å². The van der Waals surface area contributed by atoms with E-state index in [2.05, 4.69) is 17.4 Å². The van der Waals surface area contributed by atoms with Gasteiger partial charge in [-0.1, -0.05) is 42.5 Å². The first-order chi connectivity index (χ1) is 10.2. The number of carbonyl (C=O) groups excluding carboxylic acids is 1. The first-order valence-corrected chi connectivity index (χ1v) is 7.25. The fraction of sp³-hybridized carbons (Fsp3) is 0.278. The molecule has 1 saturated carbocycles. The van der Waals surface area contributed by atoms with Crippen LogP contribution in [-0.4, -0.2) is 11.0 Å². The molecule has 0 saturated heterocycles. The van der Waals surface area contributed by atoms with Crippen molar-refractivity contribution in [3.63, 3.8) is 0 Å². The maximum absolute atomic E-state index is 12.3. The average molecular weight is 281 g/mol. The van der Waals surface area contributed by atoms with Gasteiger partial charge < -0.3 is 10.4 Å². The minimum atomic E-state index is -0.0147. The molecule has 0 bridgehead atoms. The topological polar surface area (TPSA) is 49.3 Å². The van der Waals surface area contributed by atoms with E-state index in [9.17, 15) is 9.90 Å². The van der Waals surface area contributed by atoms with Crippen molar-refractivity contribution in [2.24, 2.45) is 5.92 Å². The number of hydrogen-bond acceptors (Lipinski definition) is 2. The van der Waals surface area contributed by atoms with E-state index in [1.807, 2.05) is 43.3 Å². The number of nitrogens with one attached hydrogen (secondary N) is 1. The van der Waals surface area contributed by atoms with Gasteiger partial charge in [0.15, 0.2) is 0 Å². The maximum Gasteiger partial charge on any atom is 0.228 e. The molecule has 1 aliphatic rings. The van der Waals surface area contributed by atoms with Crippen molar-refractivity contribution < 1.29 is 9.90 Å². The summed E-state index contributed by atoms with van der Waals surface area (Å²) in [5.41, 5.74) is 3.85. The first kappa shape index (κ1) is 13.8. The van der Waals surface area contributed by atoms with E-state index in [0.29, 0.717) is 5.92 Å². The van der Waals surface area contributed by atoms with E-state index < -0.39 is 0 Å². The van der Waals surface area contributed by atoms with Gasteiger partial charge in [-0.15, -0.1) is 0 Å². The molecule has 0 heterocycles. The minimum absolute atomic E-state index is 0.0147. The molecule has 21 heavy (non-hydrogen) atoms. The number of rotatable bonds is 4. The van der Waals surface area contributed by atoms with E-state index >= 15 is 0 Å². The molecule has 2 aromatic rings. The number of aliphatic hydroxyl groups excluding tert-OH is 1. The van der Waals surface area contributed by atoms with Gasteiger partial charge in [-0.2, -0.15) is 0 Å². The average Bonchev–Trinajstić information content (AvgIpc) is 3.31. The Balaban J connectivity index is 1.68. The number of anilines is 1. The summed E-state index contributed by atoms with van der Waals surface area (Å²) in [6.45, 7) is 1.94. The fourth-order valence-corrected chi connectivity index (χ4v) is 2.68. The van der Waals surface area contributed by atoms with Gasteiger partial charge >= 0.3 is 0 Å². The van der Waals surface area contributed by atoms with Gasteiger partial charge in [-0.25, -0.2) is 0 Å². The van der Waals surface area contributed by atoms with E-state index in [1.165, 1.54) is 5.56 Å². The Kier molecular flexibility index (Phi) is 3.76. The standard InChI is InChI=1S/C18H19NO2/c1-12-7-8-13(11-20)9-17(12)19-18(21)16-10-15(16)14-5-3-2-4-6-14/h2-9,15-16,20H,10-11H2,1H3,(H,19,21). The van der Waals surface area contributed by atoms with Gasteiger partial charge in [-0.05, 0) is 42.0 Å². The smallest absolute Gasteiger partial charge is 0.228 e. The number of benzene rings is 2. The molecule has 0 radical (unpaired) electrons. The van der Waals surface area contributed by atoms with Gasteiger partial charge in [0.25, 0.3) is 0 Å². The van der Waals surface area contributed by atoms with Crippen LogP contribution in [-0.2, 0) is 11.4 Å². The molecule has 0 aliphatic heterocycles. The molecule has 3 nitrogen and oxygen atoms in total. The third kappa shape index (κ3) is 2.98. The highest BCUT2D eigenvalue weighted by molar-refractivity contribution is 5.95. The van der Waals surface area contributed by atoms with Gasteiger partial charge in [0.05, 0.1) is 6.61 Å². The van der Waals surface area contributed by atoms with Crippen molar-refractivity contribution in [3.8, 4) is 0 Å². The van der Waals surface area contributed by atoms with Crippen molar-refractivity contribution in [2.45, 2.75) is 25.9 Å². The molecular weight excluding hydrogens is 262 g/mol. The molecule has 3 rings (SSSR count). The second-order valence-electron chi connectivity index (χ2n) is 5.66. The molecule has 0 aromatic heterocycles. The van der Waals surface area contributed by atoms with Crippen LogP contribution in [0.4, 0.5) is 5.69 Å². The summed E-state index contributed by atoms with van der Waals surface area (Å²) in [5.74, 6) is 0.471. The van der Waals surface area contributed by atoms with E-state index in [1.54, 1.807) is 0 Å². The zero-order chi connectivity index (χ0) is 14.8. The van der Waals surface area contributed by atoms with Crippen LogP contribution in [0.25, 0.3) is 0 Å². The Labute approximate surface area is 124 Å². The summed E-state index contributed by atoms with van der Waals surface area (Å²) >= 11 is 0. The van der Waals surface area contributed by atoms with Gasteiger partial charge in [0.2, 0.25) is 5.91 Å². The molecule has 1 amide bonds. The first-order valence-electron chi connectivity index (χ1n) is 7.25. The summed E-state index contributed by atoms with van der Waals surface area (Å²) in [7, 11) is 0. The minimum Gasteiger partial charge on any atom is -0.392 e. The van der Waals surface area contributed by atoms with E-state index in [-0.39, 0.29) is 18.4 Å².